The first-order valence-electron chi connectivity index (χ1n) is 7.57. The minimum atomic E-state index is -3.18. The summed E-state index contributed by atoms with van der Waals surface area (Å²) in [6.07, 6.45) is 4.14. The van der Waals surface area contributed by atoms with E-state index in [0.717, 1.165) is 28.8 Å². The second-order valence-corrected chi connectivity index (χ2v) is 7.01. The Hall–Kier alpha value is -1.92. The lowest BCUT2D eigenvalue weighted by atomic mass is 10.0. The van der Waals surface area contributed by atoms with Gasteiger partial charge in [0.2, 0.25) is 10.0 Å². The molecular formula is C17H25N3O2S. The van der Waals surface area contributed by atoms with Gasteiger partial charge < -0.3 is 5.32 Å². The van der Waals surface area contributed by atoms with Crippen LogP contribution in [0.15, 0.2) is 42.6 Å². The molecule has 0 unspecified atom stereocenters. The van der Waals surface area contributed by atoms with E-state index in [1.807, 2.05) is 43.4 Å². The second kappa shape index (κ2) is 9.27. The minimum Gasteiger partial charge on any atom is -0.373 e. The van der Waals surface area contributed by atoms with Gasteiger partial charge in [-0.2, -0.15) is 0 Å². The van der Waals surface area contributed by atoms with Gasteiger partial charge >= 0.3 is 0 Å². The molecule has 0 aliphatic rings. The Morgan fingerprint density at radius 3 is 2.35 bits per heavy atom. The summed E-state index contributed by atoms with van der Waals surface area (Å²) in [5, 5.41) is 2.99. The average molecular weight is 335 g/mol. The molecule has 1 aromatic carbocycles. The van der Waals surface area contributed by atoms with E-state index in [-0.39, 0.29) is 6.54 Å². The topological polar surface area (TPSA) is 71.1 Å². The fourth-order valence-corrected chi connectivity index (χ4v) is 2.25. The van der Waals surface area contributed by atoms with Crippen molar-refractivity contribution in [3.8, 4) is 11.1 Å². The van der Waals surface area contributed by atoms with Crippen LogP contribution in [0.25, 0.3) is 11.1 Å². The molecule has 0 saturated carbocycles. The lowest BCUT2D eigenvalue weighted by Crippen LogP contribution is -2.21. The van der Waals surface area contributed by atoms with Crippen molar-refractivity contribution in [1.82, 2.24) is 9.71 Å². The van der Waals surface area contributed by atoms with Crippen LogP contribution in [-0.2, 0) is 16.6 Å². The average Bonchev–Trinajstić information content (AvgIpc) is 2.53. The van der Waals surface area contributed by atoms with Crippen LogP contribution < -0.4 is 10.0 Å². The van der Waals surface area contributed by atoms with Crippen LogP contribution in [0, 0.1) is 0 Å². The molecule has 0 atom stereocenters. The molecule has 0 spiro atoms. The maximum Gasteiger partial charge on any atom is 0.209 e. The molecule has 1 heterocycles. The van der Waals surface area contributed by atoms with Crippen LogP contribution in [-0.4, -0.2) is 26.7 Å². The van der Waals surface area contributed by atoms with Crippen molar-refractivity contribution < 1.29 is 8.42 Å². The van der Waals surface area contributed by atoms with E-state index in [4.69, 9.17) is 0 Å². The van der Waals surface area contributed by atoms with Crippen molar-refractivity contribution in [3.63, 3.8) is 0 Å². The summed E-state index contributed by atoms with van der Waals surface area (Å²) < 4.78 is 24.7. The van der Waals surface area contributed by atoms with Crippen molar-refractivity contribution in [3.05, 3.63) is 48.2 Å². The molecule has 0 saturated heterocycles. The lowest BCUT2D eigenvalue weighted by Gasteiger charge is -2.07. The van der Waals surface area contributed by atoms with Crippen LogP contribution in [0.1, 0.15) is 25.8 Å². The van der Waals surface area contributed by atoms with E-state index in [1.165, 1.54) is 6.42 Å². The Labute approximate surface area is 139 Å². The largest absolute Gasteiger partial charge is 0.373 e. The van der Waals surface area contributed by atoms with E-state index >= 15 is 0 Å². The highest BCUT2D eigenvalue weighted by atomic mass is 32.2. The molecule has 2 aromatic rings. The zero-order valence-corrected chi connectivity index (χ0v) is 14.9. The third kappa shape index (κ3) is 7.25. The van der Waals surface area contributed by atoms with Crippen molar-refractivity contribution in [2.24, 2.45) is 0 Å². The van der Waals surface area contributed by atoms with Crippen LogP contribution in [0.3, 0.4) is 0 Å². The maximum atomic E-state index is 11.1. The molecule has 0 radical (unpaired) electrons. The first-order chi connectivity index (χ1) is 10.9. The van der Waals surface area contributed by atoms with Crippen LogP contribution >= 0.6 is 0 Å². The molecule has 0 amide bonds. The van der Waals surface area contributed by atoms with E-state index in [9.17, 15) is 8.42 Å². The molecule has 0 bridgehead atoms. The zero-order valence-electron chi connectivity index (χ0n) is 14.1. The van der Waals surface area contributed by atoms with Gasteiger partial charge in [0, 0.05) is 19.8 Å². The summed E-state index contributed by atoms with van der Waals surface area (Å²) in [5.74, 6) is 0.794. The van der Waals surface area contributed by atoms with Gasteiger partial charge in [0.05, 0.1) is 6.26 Å². The first-order valence-corrected chi connectivity index (χ1v) is 9.46. The number of pyridine rings is 1. The Kier molecular flexibility index (Phi) is 7.71. The van der Waals surface area contributed by atoms with Gasteiger partial charge in [0.15, 0.2) is 0 Å². The Morgan fingerprint density at radius 1 is 1.09 bits per heavy atom. The third-order valence-corrected chi connectivity index (χ3v) is 3.48. The molecule has 0 aliphatic carbocycles. The van der Waals surface area contributed by atoms with Crippen LogP contribution in [0.4, 0.5) is 5.82 Å². The summed E-state index contributed by atoms with van der Waals surface area (Å²) in [7, 11) is -1.36. The number of benzene rings is 1. The minimum absolute atomic E-state index is 0.288. The van der Waals surface area contributed by atoms with E-state index in [1.54, 1.807) is 6.20 Å². The number of hydrogen-bond donors (Lipinski definition) is 2. The highest BCUT2D eigenvalue weighted by molar-refractivity contribution is 7.88. The van der Waals surface area contributed by atoms with Gasteiger partial charge in [0.25, 0.3) is 0 Å². The summed E-state index contributed by atoms with van der Waals surface area (Å²) in [6, 6.07) is 11.6. The summed E-state index contributed by atoms with van der Waals surface area (Å²) in [5.41, 5.74) is 2.97. The van der Waals surface area contributed by atoms with Gasteiger partial charge in [-0.15, -0.1) is 0 Å². The van der Waals surface area contributed by atoms with Crippen molar-refractivity contribution in [1.29, 1.82) is 0 Å². The van der Waals surface area contributed by atoms with Gasteiger partial charge in [-0.1, -0.05) is 38.5 Å². The second-order valence-electron chi connectivity index (χ2n) is 5.18. The number of hydrogen-bond acceptors (Lipinski definition) is 4. The Balaban J connectivity index is 0.000000816. The van der Waals surface area contributed by atoms with Gasteiger partial charge in [-0.25, -0.2) is 18.1 Å². The maximum absolute atomic E-state index is 11.1. The van der Waals surface area contributed by atoms with Gasteiger partial charge in [0.1, 0.15) is 5.82 Å². The standard InChI is InChI=1S/C14H17N3O2S.C3H8/c1-15-14-9-13(6-7-16-14)12-5-3-4-11(8-12)10-17-20(2,18)19;1-3-2/h3-9,17H,10H2,1-2H3,(H,15,16);3H2,1-2H3. The van der Waals surface area contributed by atoms with Crippen molar-refractivity contribution >= 4 is 15.8 Å². The monoisotopic (exact) mass is 335 g/mol. The number of rotatable bonds is 5. The lowest BCUT2D eigenvalue weighted by molar-refractivity contribution is 0.587. The molecule has 1 aromatic heterocycles. The van der Waals surface area contributed by atoms with Crippen LogP contribution in [0.2, 0.25) is 0 Å². The van der Waals surface area contributed by atoms with E-state index in [0.29, 0.717) is 0 Å². The van der Waals surface area contributed by atoms with Crippen LogP contribution in [0.5, 0.6) is 0 Å². The third-order valence-electron chi connectivity index (χ3n) is 2.81. The molecule has 2 rings (SSSR count). The summed E-state index contributed by atoms with van der Waals surface area (Å²) in [6.45, 7) is 4.54. The highest BCUT2D eigenvalue weighted by Gasteiger charge is 2.04. The Morgan fingerprint density at radius 2 is 1.74 bits per heavy atom. The molecule has 5 nitrogen and oxygen atoms in total. The number of aromatic nitrogens is 1. The number of sulfonamides is 1. The SMILES string of the molecule is CCC.CNc1cc(-c2cccc(CNS(C)(=O)=O)c2)ccn1. The van der Waals surface area contributed by atoms with E-state index in [2.05, 4.69) is 28.9 Å². The van der Waals surface area contributed by atoms with E-state index < -0.39 is 10.0 Å². The molecule has 23 heavy (non-hydrogen) atoms. The molecule has 126 valence electrons. The molecule has 0 aliphatic heterocycles. The predicted octanol–water partition coefficient (Wildman–Crippen LogP) is 3.26. The fraction of sp³-hybridized carbons (Fsp3) is 0.353. The molecule has 0 fully saturated rings. The predicted molar refractivity (Wildman–Crippen MR) is 96.9 cm³/mol. The number of anilines is 1. The van der Waals surface area contributed by atoms with Crippen molar-refractivity contribution in [2.75, 3.05) is 18.6 Å². The number of nitrogens with zero attached hydrogens (tertiary/aromatic N) is 1. The normalized spacial score (nSPS) is 10.6. The molecule has 6 heteroatoms. The molecule has 2 N–H and O–H groups in total. The van der Waals surface area contributed by atoms with Gasteiger partial charge in [-0.3, -0.25) is 0 Å². The fourth-order valence-electron chi connectivity index (χ4n) is 1.82. The Bertz CT molecular complexity index is 715. The highest BCUT2D eigenvalue weighted by Crippen LogP contribution is 2.22. The summed E-state index contributed by atoms with van der Waals surface area (Å²) >= 11 is 0. The summed E-state index contributed by atoms with van der Waals surface area (Å²) in [4.78, 5) is 4.17. The molecular weight excluding hydrogens is 310 g/mol. The quantitative estimate of drug-likeness (QED) is 0.880. The number of nitrogens with one attached hydrogen (secondary N) is 2. The first kappa shape index (κ1) is 19.1. The zero-order chi connectivity index (χ0) is 17.3. The van der Waals surface area contributed by atoms with Gasteiger partial charge in [-0.05, 0) is 34.9 Å². The van der Waals surface area contributed by atoms with Crippen molar-refractivity contribution in [2.45, 2.75) is 26.8 Å². The smallest absolute Gasteiger partial charge is 0.209 e.